The molecule has 0 fully saturated rings. The highest BCUT2D eigenvalue weighted by Gasteiger charge is 2.34. The van der Waals surface area contributed by atoms with Crippen molar-refractivity contribution < 1.29 is 29.4 Å². The second-order valence-electron chi connectivity index (χ2n) is 9.38. The van der Waals surface area contributed by atoms with Gasteiger partial charge in [0.05, 0.1) is 29.8 Å². The smallest absolute Gasteiger partial charge is 0.407 e. The monoisotopic (exact) mass is 571 g/mol. The number of amides is 3. The third kappa shape index (κ3) is 5.86. The van der Waals surface area contributed by atoms with Crippen LogP contribution >= 0.6 is 11.6 Å². The average molecular weight is 572 g/mol. The predicted molar refractivity (Wildman–Crippen MR) is 154 cm³/mol. The summed E-state index contributed by atoms with van der Waals surface area (Å²) < 4.78 is 0. The van der Waals surface area contributed by atoms with Gasteiger partial charge in [-0.25, -0.2) is 4.79 Å². The lowest BCUT2D eigenvalue weighted by Crippen LogP contribution is -2.47. The summed E-state index contributed by atoms with van der Waals surface area (Å²) in [5.41, 5.74) is 5.57. The van der Waals surface area contributed by atoms with E-state index in [0.29, 0.717) is 17.0 Å². The van der Waals surface area contributed by atoms with Crippen LogP contribution in [0.3, 0.4) is 0 Å². The summed E-state index contributed by atoms with van der Waals surface area (Å²) >= 11 is 6.51. The van der Waals surface area contributed by atoms with Gasteiger partial charge in [0, 0.05) is 23.4 Å². The molecular weight excluding hydrogens is 546 g/mol. The van der Waals surface area contributed by atoms with Crippen LogP contribution in [0.15, 0.2) is 97.1 Å². The van der Waals surface area contributed by atoms with E-state index >= 15 is 0 Å². The lowest BCUT2D eigenvalue weighted by atomic mass is 10.1. The zero-order valence-corrected chi connectivity index (χ0v) is 22.5. The Labute approximate surface area is 241 Å². The van der Waals surface area contributed by atoms with Gasteiger partial charge in [-0.2, -0.15) is 5.48 Å². The molecule has 208 valence electrons. The molecule has 1 unspecified atom stereocenters. The summed E-state index contributed by atoms with van der Waals surface area (Å²) in [6.45, 7) is -0.531. The van der Waals surface area contributed by atoms with Gasteiger partial charge < -0.3 is 20.0 Å². The molecule has 4 aromatic carbocycles. The van der Waals surface area contributed by atoms with Crippen LogP contribution in [0.25, 0.3) is 11.1 Å². The van der Waals surface area contributed by atoms with Crippen molar-refractivity contribution in [3.63, 3.8) is 0 Å². The number of fused-ring (bicyclic) bond motifs is 1. The first-order valence-electron chi connectivity index (χ1n) is 12.8. The molecule has 4 aromatic rings. The fourth-order valence-electron chi connectivity index (χ4n) is 4.75. The Hall–Kier alpha value is -4.86. The first-order valence-corrected chi connectivity index (χ1v) is 13.2. The number of carboxylic acid groups (broad SMARTS) is 1. The molecule has 3 N–H and O–H groups in total. The van der Waals surface area contributed by atoms with Crippen molar-refractivity contribution in [1.29, 1.82) is 0 Å². The second-order valence-corrected chi connectivity index (χ2v) is 9.79. The highest BCUT2D eigenvalue weighted by molar-refractivity contribution is 6.35. The number of nitrogens with zero attached hydrogens (tertiary/aromatic N) is 2. The first-order chi connectivity index (χ1) is 19.9. The Balaban J connectivity index is 1.36. The van der Waals surface area contributed by atoms with Gasteiger partial charge in [0.2, 0.25) is 0 Å². The van der Waals surface area contributed by atoms with Gasteiger partial charge in [0.25, 0.3) is 11.8 Å². The number of para-hydroxylation sites is 2. The van der Waals surface area contributed by atoms with Crippen LogP contribution in [0.5, 0.6) is 5.75 Å². The van der Waals surface area contributed by atoms with Crippen molar-refractivity contribution in [1.82, 2.24) is 10.4 Å². The lowest BCUT2D eigenvalue weighted by molar-refractivity contribution is 0.0760. The number of carbonyl (C=O) groups is 3. The first kappa shape index (κ1) is 27.7. The Bertz CT molecular complexity index is 1600. The van der Waals surface area contributed by atoms with E-state index in [-0.39, 0.29) is 29.2 Å². The molecule has 0 saturated carbocycles. The summed E-state index contributed by atoms with van der Waals surface area (Å²) in [7, 11) is 0. The van der Waals surface area contributed by atoms with E-state index in [4.69, 9.17) is 16.4 Å². The average Bonchev–Trinajstić information content (AvgIpc) is 3.17. The third-order valence-corrected chi connectivity index (χ3v) is 7.16. The van der Waals surface area contributed by atoms with Gasteiger partial charge in [-0.05, 0) is 41.5 Å². The van der Waals surface area contributed by atoms with Crippen molar-refractivity contribution >= 4 is 35.2 Å². The van der Waals surface area contributed by atoms with E-state index in [1.807, 2.05) is 42.5 Å². The summed E-state index contributed by atoms with van der Waals surface area (Å²) in [5, 5.41) is 19.6. The maximum atomic E-state index is 13.7. The van der Waals surface area contributed by atoms with Gasteiger partial charge >= 0.3 is 6.09 Å². The van der Waals surface area contributed by atoms with Gasteiger partial charge in [-0.15, -0.1) is 0 Å². The molecule has 0 spiro atoms. The van der Waals surface area contributed by atoms with Crippen molar-refractivity contribution in [2.24, 2.45) is 0 Å². The maximum absolute atomic E-state index is 13.7. The molecule has 9 nitrogen and oxygen atoms in total. The minimum atomic E-state index is -1.20. The molecule has 10 heteroatoms. The predicted octanol–water partition coefficient (Wildman–Crippen LogP) is 5.23. The summed E-state index contributed by atoms with van der Waals surface area (Å²) in [4.78, 5) is 46.6. The van der Waals surface area contributed by atoms with Gasteiger partial charge in [0.1, 0.15) is 0 Å². The molecule has 1 atom stereocenters. The number of rotatable bonds is 6. The molecule has 3 amide bonds. The van der Waals surface area contributed by atoms with Crippen molar-refractivity contribution in [3.8, 4) is 16.9 Å². The molecular formula is C31H26ClN3O6. The van der Waals surface area contributed by atoms with Crippen molar-refractivity contribution in [2.45, 2.75) is 12.6 Å². The van der Waals surface area contributed by atoms with Crippen LogP contribution in [0, 0.1) is 0 Å². The van der Waals surface area contributed by atoms with Gasteiger partial charge in [-0.1, -0.05) is 78.3 Å². The number of halogens is 1. The van der Waals surface area contributed by atoms with E-state index in [1.165, 1.54) is 23.1 Å². The third-order valence-electron chi connectivity index (χ3n) is 6.85. The number of hydroxylamine groups is 1. The molecule has 1 aliphatic rings. The SMILES string of the molecule is O=C(NOc1ccccc1-c1ccccc1)c1ccc(C(=O)N2CC(CO)N(C(=O)O)Cc3ccccc32)c(Cl)c1. The zero-order chi connectivity index (χ0) is 28.9. The van der Waals surface area contributed by atoms with Crippen LogP contribution in [0.2, 0.25) is 5.02 Å². The number of hydrogen-bond donors (Lipinski definition) is 3. The van der Waals surface area contributed by atoms with Crippen LogP contribution in [0.4, 0.5) is 10.5 Å². The highest BCUT2D eigenvalue weighted by atomic mass is 35.5. The van der Waals surface area contributed by atoms with E-state index in [0.717, 1.165) is 16.0 Å². The van der Waals surface area contributed by atoms with Crippen LogP contribution in [0.1, 0.15) is 26.3 Å². The molecule has 0 bridgehead atoms. The number of anilines is 1. The molecule has 0 saturated heterocycles. The Kier molecular flexibility index (Phi) is 8.19. The molecule has 1 heterocycles. The number of aliphatic hydroxyl groups excluding tert-OH is 1. The molecule has 1 aliphatic heterocycles. The van der Waals surface area contributed by atoms with Crippen LogP contribution in [-0.4, -0.2) is 52.2 Å². The normalized spacial score (nSPS) is 14.5. The fraction of sp³-hybridized carbons (Fsp3) is 0.129. The fourth-order valence-corrected chi connectivity index (χ4v) is 5.01. The number of carbonyl (C=O) groups excluding carboxylic acids is 2. The minimum absolute atomic E-state index is 0.0146. The summed E-state index contributed by atoms with van der Waals surface area (Å²) in [5.74, 6) is -0.599. The largest absolute Gasteiger partial charge is 0.465 e. The van der Waals surface area contributed by atoms with E-state index in [9.17, 15) is 24.6 Å². The quantitative estimate of drug-likeness (QED) is 0.273. The minimum Gasteiger partial charge on any atom is -0.465 e. The number of nitrogens with one attached hydrogen (secondary N) is 1. The molecule has 0 aliphatic carbocycles. The van der Waals surface area contributed by atoms with Gasteiger partial charge in [0.15, 0.2) is 5.75 Å². The molecule has 5 rings (SSSR count). The van der Waals surface area contributed by atoms with Crippen LogP contribution < -0.4 is 15.2 Å². The zero-order valence-electron chi connectivity index (χ0n) is 21.7. The molecule has 41 heavy (non-hydrogen) atoms. The number of hydrogen-bond acceptors (Lipinski definition) is 5. The van der Waals surface area contributed by atoms with Gasteiger partial charge in [-0.3, -0.25) is 14.5 Å². The van der Waals surface area contributed by atoms with Crippen molar-refractivity contribution in [3.05, 3.63) is 119 Å². The Morgan fingerprint density at radius 2 is 1.63 bits per heavy atom. The van der Waals surface area contributed by atoms with E-state index in [2.05, 4.69) is 5.48 Å². The Morgan fingerprint density at radius 3 is 2.37 bits per heavy atom. The second kappa shape index (κ2) is 12.1. The van der Waals surface area contributed by atoms with E-state index in [1.54, 1.807) is 36.4 Å². The summed E-state index contributed by atoms with van der Waals surface area (Å²) in [6.07, 6.45) is -1.20. The maximum Gasteiger partial charge on any atom is 0.407 e. The summed E-state index contributed by atoms with van der Waals surface area (Å²) in [6, 6.07) is 27.2. The standard InChI is InChI=1S/C31H26ClN3O6/c32-26-16-21(29(37)33-41-28-13-7-5-11-24(28)20-8-2-1-3-9-20)14-15-25(26)30(38)35-18-23(19-36)34(31(39)40)17-22-10-4-6-12-27(22)35/h1-16,23,36H,17-19H2,(H,33,37)(H,39,40). The van der Waals surface area contributed by atoms with E-state index < -0.39 is 30.6 Å². The molecule has 0 radical (unpaired) electrons. The van der Waals surface area contributed by atoms with Crippen LogP contribution in [-0.2, 0) is 6.54 Å². The molecule has 0 aromatic heterocycles. The highest BCUT2D eigenvalue weighted by Crippen LogP contribution is 2.31. The lowest BCUT2D eigenvalue weighted by Gasteiger charge is -2.28. The topological polar surface area (TPSA) is 119 Å². The number of benzene rings is 4. The number of aliphatic hydroxyl groups is 1. The Morgan fingerprint density at radius 1 is 0.927 bits per heavy atom. The van der Waals surface area contributed by atoms with Crippen molar-refractivity contribution in [2.75, 3.05) is 18.1 Å².